The summed E-state index contributed by atoms with van der Waals surface area (Å²) >= 11 is 5.94. The molecule has 19 heavy (non-hydrogen) atoms. The highest BCUT2D eigenvalue weighted by Gasteiger charge is 2.14. The molecule has 0 aliphatic heterocycles. The van der Waals surface area contributed by atoms with Crippen molar-refractivity contribution in [3.63, 3.8) is 0 Å². The smallest absolute Gasteiger partial charge is 0.258 e. The quantitative estimate of drug-likeness (QED) is 0.888. The van der Waals surface area contributed by atoms with Crippen LogP contribution in [0, 0.1) is 12.7 Å². The summed E-state index contributed by atoms with van der Waals surface area (Å²) in [5.74, 6) is -1.75. The fraction of sp³-hybridized carbons (Fsp3) is 0.0769. The molecule has 0 radical (unpaired) electrons. The van der Waals surface area contributed by atoms with E-state index in [0.717, 1.165) is 5.56 Å². The van der Waals surface area contributed by atoms with E-state index in [1.54, 1.807) is 18.2 Å². The molecule has 0 saturated carbocycles. The van der Waals surface area contributed by atoms with Crippen molar-refractivity contribution in [1.29, 1.82) is 0 Å². The Morgan fingerprint density at radius 3 is 2.84 bits per heavy atom. The lowest BCUT2D eigenvalue weighted by atomic mass is 10.2. The van der Waals surface area contributed by atoms with E-state index in [9.17, 15) is 9.18 Å². The Morgan fingerprint density at radius 1 is 1.42 bits per heavy atom. The van der Waals surface area contributed by atoms with E-state index in [0.29, 0.717) is 10.7 Å². The molecule has 98 valence electrons. The topological polar surface area (TPSA) is 68.0 Å². The van der Waals surface area contributed by atoms with Gasteiger partial charge in [-0.05, 0) is 30.7 Å². The van der Waals surface area contributed by atoms with E-state index in [2.05, 4.69) is 10.3 Å². The third-order valence-corrected chi connectivity index (χ3v) is 3.00. The number of hydrogen-bond donors (Lipinski definition) is 2. The van der Waals surface area contributed by atoms with E-state index >= 15 is 0 Å². The molecule has 6 heteroatoms. The van der Waals surface area contributed by atoms with Gasteiger partial charge in [-0.3, -0.25) is 4.79 Å². The number of aryl methyl sites for hydroxylation is 1. The summed E-state index contributed by atoms with van der Waals surface area (Å²) in [6, 6.07) is 6.30. The Balaban J connectivity index is 2.26. The number of nitrogen functional groups attached to an aromatic ring is 1. The van der Waals surface area contributed by atoms with Gasteiger partial charge in [0.2, 0.25) is 0 Å². The molecule has 3 N–H and O–H groups in total. The van der Waals surface area contributed by atoms with E-state index < -0.39 is 11.7 Å². The SMILES string of the molecule is Cc1ccc(NC(=O)c2ccnc(N)c2F)cc1Cl. The number of aromatic nitrogens is 1. The molecule has 0 unspecified atom stereocenters. The summed E-state index contributed by atoms with van der Waals surface area (Å²) in [5.41, 5.74) is 6.52. The number of nitrogens with two attached hydrogens (primary N) is 1. The highest BCUT2D eigenvalue weighted by Crippen LogP contribution is 2.21. The van der Waals surface area contributed by atoms with Gasteiger partial charge in [0, 0.05) is 16.9 Å². The summed E-state index contributed by atoms with van der Waals surface area (Å²) in [6.45, 7) is 1.84. The van der Waals surface area contributed by atoms with Crippen LogP contribution in [0.1, 0.15) is 15.9 Å². The lowest BCUT2D eigenvalue weighted by Gasteiger charge is -2.08. The van der Waals surface area contributed by atoms with Gasteiger partial charge in [0.05, 0.1) is 5.56 Å². The predicted octanol–water partition coefficient (Wildman–Crippen LogP) is 3.02. The summed E-state index contributed by atoms with van der Waals surface area (Å²) < 4.78 is 13.6. The second-order valence-electron chi connectivity index (χ2n) is 3.98. The molecule has 4 nitrogen and oxygen atoms in total. The first-order valence-electron chi connectivity index (χ1n) is 5.46. The number of nitrogens with one attached hydrogen (secondary N) is 1. The van der Waals surface area contributed by atoms with Gasteiger partial charge in [-0.1, -0.05) is 17.7 Å². The third-order valence-electron chi connectivity index (χ3n) is 2.59. The van der Waals surface area contributed by atoms with Crippen LogP contribution < -0.4 is 11.1 Å². The molecule has 0 spiro atoms. The summed E-state index contributed by atoms with van der Waals surface area (Å²) in [6.07, 6.45) is 1.27. The number of carbonyl (C=O) groups excluding carboxylic acids is 1. The van der Waals surface area contributed by atoms with Crippen LogP contribution in [0.15, 0.2) is 30.5 Å². The number of benzene rings is 1. The minimum Gasteiger partial charge on any atom is -0.381 e. The van der Waals surface area contributed by atoms with Gasteiger partial charge < -0.3 is 11.1 Å². The molecule has 0 bridgehead atoms. The molecule has 0 atom stereocenters. The van der Waals surface area contributed by atoms with Crippen LogP contribution in [-0.2, 0) is 0 Å². The van der Waals surface area contributed by atoms with Crippen molar-refractivity contribution in [2.45, 2.75) is 6.92 Å². The van der Waals surface area contributed by atoms with Crippen LogP contribution in [0.2, 0.25) is 5.02 Å². The number of anilines is 2. The molecular formula is C13H11ClFN3O. The fourth-order valence-corrected chi connectivity index (χ4v) is 1.68. The van der Waals surface area contributed by atoms with Crippen LogP contribution >= 0.6 is 11.6 Å². The highest BCUT2D eigenvalue weighted by atomic mass is 35.5. The van der Waals surface area contributed by atoms with Gasteiger partial charge in [-0.25, -0.2) is 9.37 Å². The van der Waals surface area contributed by atoms with Crippen molar-refractivity contribution in [3.05, 3.63) is 52.4 Å². The molecule has 1 amide bonds. The van der Waals surface area contributed by atoms with Crippen LogP contribution in [0.4, 0.5) is 15.9 Å². The Bertz CT molecular complexity index is 646. The molecule has 0 fully saturated rings. The number of nitrogens with zero attached hydrogens (tertiary/aromatic N) is 1. The molecule has 1 aromatic heterocycles. The Hall–Kier alpha value is -2.14. The second kappa shape index (κ2) is 5.24. The van der Waals surface area contributed by atoms with Gasteiger partial charge in [-0.15, -0.1) is 0 Å². The minimum absolute atomic E-state index is 0.163. The number of halogens is 2. The summed E-state index contributed by atoms with van der Waals surface area (Å²) in [7, 11) is 0. The zero-order valence-electron chi connectivity index (χ0n) is 10.1. The number of pyridine rings is 1. The van der Waals surface area contributed by atoms with Crippen LogP contribution in [0.3, 0.4) is 0 Å². The molecule has 0 saturated heterocycles. The van der Waals surface area contributed by atoms with Gasteiger partial charge in [0.15, 0.2) is 11.6 Å². The maximum atomic E-state index is 13.6. The summed E-state index contributed by atoms with van der Waals surface area (Å²) in [4.78, 5) is 15.5. The lowest BCUT2D eigenvalue weighted by molar-refractivity contribution is 0.102. The zero-order valence-corrected chi connectivity index (χ0v) is 10.8. The van der Waals surface area contributed by atoms with Crippen molar-refractivity contribution in [2.75, 3.05) is 11.1 Å². The Labute approximate surface area is 114 Å². The van der Waals surface area contributed by atoms with E-state index in [1.165, 1.54) is 12.3 Å². The normalized spacial score (nSPS) is 10.3. The van der Waals surface area contributed by atoms with Crippen LogP contribution in [0.5, 0.6) is 0 Å². The molecule has 2 aromatic rings. The van der Waals surface area contributed by atoms with Crippen molar-refractivity contribution in [2.24, 2.45) is 0 Å². The maximum absolute atomic E-state index is 13.6. The van der Waals surface area contributed by atoms with Crippen molar-refractivity contribution >= 4 is 29.0 Å². The molecular weight excluding hydrogens is 269 g/mol. The number of carbonyl (C=O) groups is 1. The fourth-order valence-electron chi connectivity index (χ4n) is 1.50. The Morgan fingerprint density at radius 2 is 2.16 bits per heavy atom. The molecule has 2 rings (SSSR count). The number of hydrogen-bond acceptors (Lipinski definition) is 3. The van der Waals surface area contributed by atoms with Crippen molar-refractivity contribution in [1.82, 2.24) is 4.98 Å². The van der Waals surface area contributed by atoms with Crippen LogP contribution in [-0.4, -0.2) is 10.9 Å². The van der Waals surface area contributed by atoms with E-state index in [4.69, 9.17) is 17.3 Å². The number of rotatable bonds is 2. The Kier molecular flexibility index (Phi) is 3.66. The average Bonchev–Trinajstić information content (AvgIpc) is 2.37. The largest absolute Gasteiger partial charge is 0.381 e. The molecule has 0 aliphatic carbocycles. The maximum Gasteiger partial charge on any atom is 0.258 e. The van der Waals surface area contributed by atoms with Gasteiger partial charge in [0.25, 0.3) is 5.91 Å². The average molecular weight is 280 g/mol. The minimum atomic E-state index is -0.835. The standard InChI is InChI=1S/C13H11ClFN3O/c1-7-2-3-8(6-10(7)14)18-13(19)9-4-5-17-12(16)11(9)15/h2-6H,1H3,(H2,16,17)(H,18,19). The first kappa shape index (κ1) is 13.3. The number of amides is 1. The zero-order chi connectivity index (χ0) is 14.0. The highest BCUT2D eigenvalue weighted by molar-refractivity contribution is 6.31. The van der Waals surface area contributed by atoms with Crippen LogP contribution in [0.25, 0.3) is 0 Å². The third kappa shape index (κ3) is 2.82. The molecule has 1 aromatic carbocycles. The second-order valence-corrected chi connectivity index (χ2v) is 4.38. The monoisotopic (exact) mass is 279 g/mol. The molecule has 0 aliphatic rings. The van der Waals surface area contributed by atoms with Gasteiger partial charge in [0.1, 0.15) is 0 Å². The van der Waals surface area contributed by atoms with Crippen molar-refractivity contribution < 1.29 is 9.18 Å². The first-order valence-corrected chi connectivity index (χ1v) is 5.84. The van der Waals surface area contributed by atoms with E-state index in [1.807, 2.05) is 6.92 Å². The predicted molar refractivity (Wildman–Crippen MR) is 72.7 cm³/mol. The van der Waals surface area contributed by atoms with Crippen molar-refractivity contribution in [3.8, 4) is 0 Å². The molecule has 1 heterocycles. The van der Waals surface area contributed by atoms with Gasteiger partial charge >= 0.3 is 0 Å². The summed E-state index contributed by atoms with van der Waals surface area (Å²) in [5, 5.41) is 3.07. The first-order chi connectivity index (χ1) is 8.99. The lowest BCUT2D eigenvalue weighted by Crippen LogP contribution is -2.15. The van der Waals surface area contributed by atoms with Gasteiger partial charge in [-0.2, -0.15) is 0 Å². The van der Waals surface area contributed by atoms with E-state index in [-0.39, 0.29) is 11.4 Å².